The summed E-state index contributed by atoms with van der Waals surface area (Å²) < 4.78 is 14.1. The lowest BCUT2D eigenvalue weighted by Crippen LogP contribution is -2.52. The van der Waals surface area contributed by atoms with Crippen molar-refractivity contribution in [1.82, 2.24) is 10.4 Å². The van der Waals surface area contributed by atoms with Crippen LogP contribution in [0.3, 0.4) is 0 Å². The number of fused-ring (bicyclic) bond motifs is 1. The highest BCUT2D eigenvalue weighted by atomic mass is 19.1. The zero-order valence-electron chi connectivity index (χ0n) is 11.8. The SMILES string of the molecule is CC(=O)NN1C(=O)c2ccccc2N[C@H]1c1ccccc1F. The molecule has 5 nitrogen and oxygen atoms in total. The van der Waals surface area contributed by atoms with Crippen LogP contribution in [0.15, 0.2) is 48.5 Å². The van der Waals surface area contributed by atoms with Gasteiger partial charge >= 0.3 is 0 Å². The van der Waals surface area contributed by atoms with Crippen LogP contribution in [0.4, 0.5) is 10.1 Å². The van der Waals surface area contributed by atoms with Gasteiger partial charge in [-0.05, 0) is 18.2 Å². The Morgan fingerprint density at radius 3 is 2.59 bits per heavy atom. The van der Waals surface area contributed by atoms with E-state index in [1.165, 1.54) is 13.0 Å². The van der Waals surface area contributed by atoms with Crippen LogP contribution in [0.2, 0.25) is 0 Å². The van der Waals surface area contributed by atoms with Crippen LogP contribution in [-0.2, 0) is 4.79 Å². The van der Waals surface area contributed by atoms with E-state index in [0.717, 1.165) is 5.01 Å². The first-order valence-corrected chi connectivity index (χ1v) is 6.78. The van der Waals surface area contributed by atoms with E-state index in [1.54, 1.807) is 42.5 Å². The Balaban J connectivity index is 2.09. The molecule has 0 spiro atoms. The van der Waals surface area contributed by atoms with Crippen LogP contribution in [0.1, 0.15) is 29.0 Å². The monoisotopic (exact) mass is 299 g/mol. The van der Waals surface area contributed by atoms with Crippen molar-refractivity contribution in [2.24, 2.45) is 0 Å². The minimum atomic E-state index is -0.813. The zero-order valence-corrected chi connectivity index (χ0v) is 11.8. The summed E-state index contributed by atoms with van der Waals surface area (Å²) >= 11 is 0. The fraction of sp³-hybridized carbons (Fsp3) is 0.125. The van der Waals surface area contributed by atoms with Crippen LogP contribution < -0.4 is 10.7 Å². The topological polar surface area (TPSA) is 61.4 Å². The van der Waals surface area contributed by atoms with E-state index in [2.05, 4.69) is 10.7 Å². The molecule has 2 aromatic carbocycles. The van der Waals surface area contributed by atoms with Crippen LogP contribution in [-0.4, -0.2) is 16.8 Å². The first-order chi connectivity index (χ1) is 10.6. The highest BCUT2D eigenvalue weighted by molar-refractivity contribution is 6.02. The maximum absolute atomic E-state index is 14.1. The molecule has 0 radical (unpaired) electrons. The number of halogens is 1. The van der Waals surface area contributed by atoms with E-state index < -0.39 is 23.8 Å². The van der Waals surface area contributed by atoms with Crippen LogP contribution in [0.25, 0.3) is 0 Å². The Hall–Kier alpha value is -2.89. The number of anilines is 1. The molecule has 0 unspecified atom stereocenters. The molecule has 1 aliphatic heterocycles. The Morgan fingerprint density at radius 1 is 1.18 bits per heavy atom. The molecule has 1 atom stereocenters. The van der Waals surface area contributed by atoms with E-state index in [9.17, 15) is 14.0 Å². The fourth-order valence-electron chi connectivity index (χ4n) is 2.45. The maximum atomic E-state index is 14.1. The van der Waals surface area contributed by atoms with E-state index >= 15 is 0 Å². The van der Waals surface area contributed by atoms with Crippen molar-refractivity contribution in [2.45, 2.75) is 13.1 Å². The Kier molecular flexibility index (Phi) is 3.50. The van der Waals surface area contributed by atoms with Gasteiger partial charge in [-0.25, -0.2) is 9.40 Å². The lowest BCUT2D eigenvalue weighted by Gasteiger charge is -2.37. The van der Waals surface area contributed by atoms with Gasteiger partial charge in [0.05, 0.1) is 5.56 Å². The smallest absolute Gasteiger partial charge is 0.276 e. The normalized spacial score (nSPS) is 16.7. The summed E-state index contributed by atoms with van der Waals surface area (Å²) in [6, 6.07) is 13.0. The van der Waals surface area contributed by atoms with Gasteiger partial charge < -0.3 is 5.32 Å². The third-order valence-corrected chi connectivity index (χ3v) is 3.40. The number of hydrazine groups is 1. The van der Waals surface area contributed by atoms with Gasteiger partial charge in [0.2, 0.25) is 5.91 Å². The van der Waals surface area contributed by atoms with E-state index in [4.69, 9.17) is 0 Å². The predicted octanol–water partition coefficient (Wildman–Crippen LogP) is 2.44. The first kappa shape index (κ1) is 14.1. The number of carbonyl (C=O) groups is 2. The van der Waals surface area contributed by atoms with Crippen molar-refractivity contribution >= 4 is 17.5 Å². The average Bonchev–Trinajstić information content (AvgIpc) is 2.50. The van der Waals surface area contributed by atoms with Crippen molar-refractivity contribution in [3.05, 3.63) is 65.5 Å². The minimum Gasteiger partial charge on any atom is -0.359 e. The molecule has 112 valence electrons. The van der Waals surface area contributed by atoms with E-state index in [0.29, 0.717) is 11.3 Å². The van der Waals surface area contributed by atoms with Crippen LogP contribution in [0, 0.1) is 5.82 Å². The van der Waals surface area contributed by atoms with Gasteiger partial charge in [0.25, 0.3) is 5.91 Å². The van der Waals surface area contributed by atoms with Gasteiger partial charge in [-0.15, -0.1) is 0 Å². The molecule has 2 aromatic rings. The summed E-state index contributed by atoms with van der Waals surface area (Å²) in [6.45, 7) is 1.30. The number of carbonyl (C=O) groups excluding carboxylic acids is 2. The number of amides is 2. The van der Waals surface area contributed by atoms with Crippen LogP contribution in [0.5, 0.6) is 0 Å². The summed E-state index contributed by atoms with van der Waals surface area (Å²) in [5.41, 5.74) is 3.76. The second kappa shape index (κ2) is 5.48. The lowest BCUT2D eigenvalue weighted by molar-refractivity contribution is -0.123. The largest absolute Gasteiger partial charge is 0.359 e. The number of hydrogen-bond donors (Lipinski definition) is 2. The number of nitrogens with zero attached hydrogens (tertiary/aromatic N) is 1. The van der Waals surface area contributed by atoms with Gasteiger partial charge in [-0.3, -0.25) is 15.0 Å². The molecule has 6 heteroatoms. The van der Waals surface area contributed by atoms with Gasteiger partial charge in [0.1, 0.15) is 5.82 Å². The molecule has 3 rings (SSSR count). The van der Waals surface area contributed by atoms with Crippen molar-refractivity contribution in [3.8, 4) is 0 Å². The molecule has 2 amide bonds. The molecule has 1 aliphatic rings. The second-order valence-corrected chi connectivity index (χ2v) is 4.96. The number of rotatable bonds is 2. The predicted molar refractivity (Wildman–Crippen MR) is 79.2 cm³/mol. The average molecular weight is 299 g/mol. The van der Waals surface area contributed by atoms with Gasteiger partial charge in [0, 0.05) is 18.2 Å². The fourth-order valence-corrected chi connectivity index (χ4v) is 2.45. The summed E-state index contributed by atoms with van der Waals surface area (Å²) in [4.78, 5) is 24.0. The highest BCUT2D eigenvalue weighted by Gasteiger charge is 2.34. The quantitative estimate of drug-likeness (QED) is 0.895. The van der Waals surface area contributed by atoms with Crippen LogP contribution >= 0.6 is 0 Å². The summed E-state index contributed by atoms with van der Waals surface area (Å²) in [7, 11) is 0. The molecule has 2 N–H and O–H groups in total. The molecule has 1 heterocycles. The third-order valence-electron chi connectivity index (χ3n) is 3.40. The molecule has 0 saturated heterocycles. The van der Waals surface area contributed by atoms with Gasteiger partial charge in [-0.2, -0.15) is 0 Å². The lowest BCUT2D eigenvalue weighted by atomic mass is 10.0. The van der Waals surface area contributed by atoms with Crippen molar-refractivity contribution in [1.29, 1.82) is 0 Å². The number of benzene rings is 2. The Labute approximate surface area is 126 Å². The molecule has 0 aliphatic carbocycles. The molecular weight excluding hydrogens is 285 g/mol. The Bertz CT molecular complexity index is 748. The Morgan fingerprint density at radius 2 is 1.86 bits per heavy atom. The van der Waals surface area contributed by atoms with Crippen molar-refractivity contribution in [3.63, 3.8) is 0 Å². The summed E-state index contributed by atoms with van der Waals surface area (Å²) in [6.07, 6.45) is -0.813. The maximum Gasteiger partial charge on any atom is 0.276 e. The summed E-state index contributed by atoms with van der Waals surface area (Å²) in [5, 5.41) is 4.20. The van der Waals surface area contributed by atoms with Gasteiger partial charge in [0.15, 0.2) is 6.17 Å². The zero-order chi connectivity index (χ0) is 15.7. The highest BCUT2D eigenvalue weighted by Crippen LogP contribution is 2.32. The molecule has 0 bridgehead atoms. The minimum absolute atomic E-state index is 0.277. The number of nitrogens with one attached hydrogen (secondary N) is 2. The number of hydrogen-bond acceptors (Lipinski definition) is 3. The molecule has 0 fully saturated rings. The van der Waals surface area contributed by atoms with E-state index in [1.807, 2.05) is 0 Å². The van der Waals surface area contributed by atoms with Crippen molar-refractivity contribution in [2.75, 3.05) is 5.32 Å². The molecular formula is C16H14FN3O2. The summed E-state index contributed by atoms with van der Waals surface area (Å²) in [5.74, 6) is -1.25. The van der Waals surface area contributed by atoms with Gasteiger partial charge in [-0.1, -0.05) is 30.3 Å². The first-order valence-electron chi connectivity index (χ1n) is 6.78. The molecule has 0 aromatic heterocycles. The molecule has 0 saturated carbocycles. The third kappa shape index (κ3) is 2.39. The molecule has 22 heavy (non-hydrogen) atoms. The standard InChI is InChI=1S/C16H14FN3O2/c1-10(21)19-20-15(11-6-2-4-8-13(11)17)18-14-9-5-3-7-12(14)16(20)22/h2-9,15,18H,1H3,(H,19,21)/t15-/m1/s1. The number of para-hydroxylation sites is 1. The van der Waals surface area contributed by atoms with E-state index in [-0.39, 0.29) is 5.56 Å². The second-order valence-electron chi connectivity index (χ2n) is 4.96. The van der Waals surface area contributed by atoms with Crippen molar-refractivity contribution < 1.29 is 14.0 Å².